The fourth-order valence-corrected chi connectivity index (χ4v) is 3.02. The number of amides is 1. The molecular formula is C14H16Cl2FNO. The Bertz CT molecular complexity index is 439. The molecule has 1 atom stereocenters. The van der Waals surface area contributed by atoms with Crippen LogP contribution in [0.15, 0.2) is 18.2 Å². The number of carbonyl (C=O) groups excluding carboxylic acids is 1. The maximum Gasteiger partial charge on any atom is 0.245 e. The highest BCUT2D eigenvalue weighted by molar-refractivity contribution is 6.35. The molecular weight excluding hydrogens is 288 g/mol. The molecule has 5 heteroatoms. The van der Waals surface area contributed by atoms with Crippen LogP contribution in [-0.4, -0.2) is 23.9 Å². The molecule has 2 rings (SSSR count). The van der Waals surface area contributed by atoms with Gasteiger partial charge in [0.25, 0.3) is 0 Å². The van der Waals surface area contributed by atoms with Gasteiger partial charge in [-0.3, -0.25) is 4.79 Å². The average Bonchev–Trinajstić information content (AvgIpc) is 2.66. The molecule has 19 heavy (non-hydrogen) atoms. The van der Waals surface area contributed by atoms with E-state index in [2.05, 4.69) is 0 Å². The summed E-state index contributed by atoms with van der Waals surface area (Å²) in [6, 6.07) is 4.32. The van der Waals surface area contributed by atoms with Crippen molar-refractivity contribution < 1.29 is 9.18 Å². The molecule has 0 bridgehead atoms. The molecule has 1 aromatic carbocycles. The Morgan fingerprint density at radius 2 is 1.84 bits per heavy atom. The number of nitrogens with zero attached hydrogens (tertiary/aromatic N) is 1. The van der Waals surface area contributed by atoms with Crippen molar-refractivity contribution in [1.29, 1.82) is 0 Å². The molecule has 0 saturated carbocycles. The molecule has 1 aromatic rings. The molecule has 104 valence electrons. The van der Waals surface area contributed by atoms with Gasteiger partial charge in [0.05, 0.1) is 0 Å². The van der Waals surface area contributed by atoms with Gasteiger partial charge in [0.2, 0.25) is 5.91 Å². The van der Waals surface area contributed by atoms with E-state index in [1.807, 2.05) is 0 Å². The van der Waals surface area contributed by atoms with Gasteiger partial charge in [0.1, 0.15) is 11.2 Å². The predicted octanol–water partition coefficient (Wildman–Crippen LogP) is 4.16. The second kappa shape index (κ2) is 6.58. The first-order valence-corrected chi connectivity index (χ1v) is 7.29. The first-order valence-electron chi connectivity index (χ1n) is 6.48. The molecule has 1 heterocycles. The van der Waals surface area contributed by atoms with E-state index in [1.165, 1.54) is 12.1 Å². The molecule has 2 nitrogen and oxygen atoms in total. The second-order valence-electron chi connectivity index (χ2n) is 4.74. The van der Waals surface area contributed by atoms with E-state index in [-0.39, 0.29) is 16.5 Å². The van der Waals surface area contributed by atoms with Crippen molar-refractivity contribution in [2.45, 2.75) is 31.1 Å². The normalized spacial score (nSPS) is 17.9. The highest BCUT2D eigenvalue weighted by atomic mass is 35.5. The molecule has 1 amide bonds. The summed E-state index contributed by atoms with van der Waals surface area (Å²) in [5, 5.41) is -0.852. The van der Waals surface area contributed by atoms with Gasteiger partial charge in [0, 0.05) is 23.7 Å². The van der Waals surface area contributed by atoms with Gasteiger partial charge in [-0.1, -0.05) is 30.5 Å². The molecule has 1 aliphatic rings. The van der Waals surface area contributed by atoms with Crippen molar-refractivity contribution in [3.8, 4) is 0 Å². The zero-order chi connectivity index (χ0) is 13.8. The van der Waals surface area contributed by atoms with E-state index >= 15 is 0 Å². The van der Waals surface area contributed by atoms with Gasteiger partial charge in [-0.15, -0.1) is 11.6 Å². The lowest BCUT2D eigenvalue weighted by molar-refractivity contribution is -0.130. The van der Waals surface area contributed by atoms with Crippen LogP contribution in [0.4, 0.5) is 4.39 Å². The van der Waals surface area contributed by atoms with Gasteiger partial charge in [-0.2, -0.15) is 0 Å². The summed E-state index contributed by atoms with van der Waals surface area (Å²) in [6.45, 7) is 1.38. The number of benzene rings is 1. The number of likely N-dealkylation sites (tertiary alicyclic amines) is 1. The van der Waals surface area contributed by atoms with Crippen molar-refractivity contribution in [3.05, 3.63) is 34.6 Å². The largest absolute Gasteiger partial charge is 0.341 e. The van der Waals surface area contributed by atoms with E-state index in [0.717, 1.165) is 25.7 Å². The minimum absolute atomic E-state index is 0.0834. The minimum atomic E-state index is -1.05. The third-order valence-electron chi connectivity index (χ3n) is 3.39. The van der Waals surface area contributed by atoms with Crippen molar-refractivity contribution in [1.82, 2.24) is 4.90 Å². The summed E-state index contributed by atoms with van der Waals surface area (Å²) in [6.07, 6.45) is 4.19. The molecule has 0 aromatic heterocycles. The monoisotopic (exact) mass is 303 g/mol. The van der Waals surface area contributed by atoms with Gasteiger partial charge in [0.15, 0.2) is 0 Å². The number of rotatable bonds is 2. The number of alkyl halides is 1. The summed E-state index contributed by atoms with van der Waals surface area (Å²) < 4.78 is 13.8. The van der Waals surface area contributed by atoms with Crippen molar-refractivity contribution in [3.63, 3.8) is 0 Å². The number of halogens is 3. The summed E-state index contributed by atoms with van der Waals surface area (Å²) in [5.74, 6) is -0.786. The number of hydrogen-bond donors (Lipinski definition) is 0. The van der Waals surface area contributed by atoms with E-state index < -0.39 is 11.2 Å². The van der Waals surface area contributed by atoms with Crippen LogP contribution in [-0.2, 0) is 4.79 Å². The molecule has 0 radical (unpaired) electrons. The Morgan fingerprint density at radius 3 is 2.42 bits per heavy atom. The Labute approximate surface area is 122 Å². The Hall–Kier alpha value is -0.800. The number of hydrogen-bond acceptors (Lipinski definition) is 1. The van der Waals surface area contributed by atoms with E-state index in [4.69, 9.17) is 23.2 Å². The summed E-state index contributed by atoms with van der Waals surface area (Å²) >= 11 is 12.1. The summed E-state index contributed by atoms with van der Waals surface area (Å²) in [4.78, 5) is 14.0. The predicted molar refractivity (Wildman–Crippen MR) is 75.1 cm³/mol. The first kappa shape index (κ1) is 14.6. The fourth-order valence-electron chi connectivity index (χ4n) is 2.33. The third kappa shape index (κ3) is 3.40. The first-order chi connectivity index (χ1) is 9.11. The van der Waals surface area contributed by atoms with Crippen LogP contribution >= 0.6 is 23.2 Å². The Kier molecular flexibility index (Phi) is 5.06. The van der Waals surface area contributed by atoms with Crippen LogP contribution in [0, 0.1) is 5.82 Å². The van der Waals surface area contributed by atoms with Gasteiger partial charge in [-0.05, 0) is 25.0 Å². The van der Waals surface area contributed by atoms with Crippen LogP contribution in [0.1, 0.15) is 36.6 Å². The van der Waals surface area contributed by atoms with Crippen molar-refractivity contribution >= 4 is 29.1 Å². The summed E-state index contributed by atoms with van der Waals surface area (Å²) in [7, 11) is 0. The molecule has 0 N–H and O–H groups in total. The summed E-state index contributed by atoms with van der Waals surface area (Å²) in [5.41, 5.74) is 0.0834. The van der Waals surface area contributed by atoms with Crippen LogP contribution in [0.2, 0.25) is 5.02 Å². The molecule has 1 aliphatic heterocycles. The Morgan fingerprint density at radius 1 is 1.21 bits per heavy atom. The molecule has 0 aliphatic carbocycles. The topological polar surface area (TPSA) is 20.3 Å². The smallest absolute Gasteiger partial charge is 0.245 e. The van der Waals surface area contributed by atoms with Gasteiger partial charge < -0.3 is 4.90 Å². The maximum absolute atomic E-state index is 13.8. The van der Waals surface area contributed by atoms with Crippen LogP contribution in [0.3, 0.4) is 0 Å². The Balaban J connectivity index is 2.18. The third-order valence-corrected chi connectivity index (χ3v) is 4.12. The molecule has 1 unspecified atom stereocenters. The molecule has 1 fully saturated rings. The maximum atomic E-state index is 13.8. The highest BCUT2D eigenvalue weighted by Crippen LogP contribution is 2.32. The fraction of sp³-hybridized carbons (Fsp3) is 0.500. The second-order valence-corrected chi connectivity index (χ2v) is 5.58. The van der Waals surface area contributed by atoms with Crippen LogP contribution in [0.25, 0.3) is 0 Å². The number of carbonyl (C=O) groups is 1. The SMILES string of the molecule is O=C(C(Cl)c1c(F)cccc1Cl)N1CCCCCC1. The van der Waals surface area contributed by atoms with Gasteiger partial charge >= 0.3 is 0 Å². The zero-order valence-corrected chi connectivity index (χ0v) is 12.1. The molecule has 0 spiro atoms. The van der Waals surface area contributed by atoms with Crippen molar-refractivity contribution in [2.24, 2.45) is 0 Å². The van der Waals surface area contributed by atoms with E-state index in [9.17, 15) is 9.18 Å². The average molecular weight is 304 g/mol. The van der Waals surface area contributed by atoms with Gasteiger partial charge in [-0.25, -0.2) is 4.39 Å². The quantitative estimate of drug-likeness (QED) is 0.751. The standard InChI is InChI=1S/C14H16Cl2FNO/c15-10-6-5-7-11(17)12(10)13(16)14(19)18-8-3-1-2-4-9-18/h5-7,13H,1-4,8-9H2. The minimum Gasteiger partial charge on any atom is -0.341 e. The van der Waals surface area contributed by atoms with Crippen LogP contribution < -0.4 is 0 Å². The van der Waals surface area contributed by atoms with Crippen LogP contribution in [0.5, 0.6) is 0 Å². The van der Waals surface area contributed by atoms with E-state index in [0.29, 0.717) is 13.1 Å². The highest BCUT2D eigenvalue weighted by Gasteiger charge is 2.28. The lowest BCUT2D eigenvalue weighted by atomic mass is 10.1. The van der Waals surface area contributed by atoms with E-state index in [1.54, 1.807) is 11.0 Å². The molecule has 1 saturated heterocycles. The van der Waals surface area contributed by atoms with Crippen molar-refractivity contribution in [2.75, 3.05) is 13.1 Å². The zero-order valence-electron chi connectivity index (χ0n) is 10.5. The lowest BCUT2D eigenvalue weighted by Gasteiger charge is -2.23. The lowest BCUT2D eigenvalue weighted by Crippen LogP contribution is -2.34.